The maximum Gasteiger partial charge on any atom is 0.407 e. The van der Waals surface area contributed by atoms with Crippen LogP contribution in [0.4, 0.5) is 4.79 Å². The smallest absolute Gasteiger partial charge is 0.407 e. The Morgan fingerprint density at radius 1 is 0.966 bits per heavy atom. The van der Waals surface area contributed by atoms with Crippen molar-refractivity contribution in [2.45, 2.75) is 55.6 Å². The number of carbonyl (C=O) groups is 1. The number of alkyl carbamates (subject to hydrolysis) is 1. The van der Waals surface area contributed by atoms with Gasteiger partial charge in [-0.1, -0.05) is 48.5 Å². The highest BCUT2D eigenvalue weighted by Crippen LogP contribution is 2.57. The van der Waals surface area contributed by atoms with Gasteiger partial charge in [0.2, 0.25) is 0 Å². The molecule has 4 saturated carbocycles. The summed E-state index contributed by atoms with van der Waals surface area (Å²) in [6, 6.07) is 16.8. The molecule has 2 atom stereocenters. The Morgan fingerprint density at radius 2 is 1.55 bits per heavy atom. The Hall–Kier alpha value is -2.33. The number of benzene rings is 2. The zero-order valence-corrected chi connectivity index (χ0v) is 16.6. The molecule has 4 nitrogen and oxygen atoms in total. The van der Waals surface area contributed by atoms with Gasteiger partial charge in [0.05, 0.1) is 5.60 Å². The first-order chi connectivity index (χ1) is 14.0. The van der Waals surface area contributed by atoms with E-state index in [0.29, 0.717) is 24.9 Å². The van der Waals surface area contributed by atoms with Gasteiger partial charge in [0, 0.05) is 11.5 Å². The lowest BCUT2D eigenvalue weighted by Crippen LogP contribution is -2.65. The van der Waals surface area contributed by atoms with Crippen LogP contribution in [-0.2, 0) is 4.74 Å². The van der Waals surface area contributed by atoms with Gasteiger partial charge < -0.3 is 15.2 Å². The van der Waals surface area contributed by atoms with Gasteiger partial charge in [0.1, 0.15) is 6.61 Å². The molecule has 7 rings (SSSR count). The predicted octanol–water partition coefficient (Wildman–Crippen LogP) is 4.61. The molecule has 29 heavy (non-hydrogen) atoms. The summed E-state index contributed by atoms with van der Waals surface area (Å²) in [5.74, 6) is 1.15. The van der Waals surface area contributed by atoms with Crippen molar-refractivity contribution in [3.8, 4) is 11.1 Å². The molecule has 0 aliphatic heterocycles. The SMILES string of the molecule is O=C(NC12CC3CC(CC(O)(C3)C1)C2)OCC1c2ccccc2-c2ccccc21. The van der Waals surface area contributed by atoms with Crippen molar-refractivity contribution in [2.75, 3.05) is 6.61 Å². The maximum atomic E-state index is 12.8. The highest BCUT2D eigenvalue weighted by molar-refractivity contribution is 5.79. The topological polar surface area (TPSA) is 58.6 Å². The van der Waals surface area contributed by atoms with Crippen LogP contribution in [0.3, 0.4) is 0 Å². The van der Waals surface area contributed by atoms with Gasteiger partial charge in [-0.3, -0.25) is 0 Å². The van der Waals surface area contributed by atoms with Crippen LogP contribution < -0.4 is 5.32 Å². The summed E-state index contributed by atoms with van der Waals surface area (Å²) in [6.07, 6.45) is 5.31. The van der Waals surface area contributed by atoms with Gasteiger partial charge in [-0.2, -0.15) is 0 Å². The molecule has 2 aromatic carbocycles. The maximum absolute atomic E-state index is 12.8. The summed E-state index contributed by atoms with van der Waals surface area (Å²) in [5.41, 5.74) is 4.07. The molecule has 4 bridgehead atoms. The Balaban J connectivity index is 1.18. The van der Waals surface area contributed by atoms with Crippen LogP contribution in [0, 0.1) is 11.8 Å². The first-order valence-electron chi connectivity index (χ1n) is 10.9. The Kier molecular flexibility index (Phi) is 3.68. The largest absolute Gasteiger partial charge is 0.449 e. The molecular weight excluding hydrogens is 362 g/mol. The summed E-state index contributed by atoms with van der Waals surface area (Å²) >= 11 is 0. The number of hydrogen-bond acceptors (Lipinski definition) is 3. The fourth-order valence-electron chi connectivity index (χ4n) is 7.21. The first kappa shape index (κ1) is 17.5. The van der Waals surface area contributed by atoms with Gasteiger partial charge in [-0.15, -0.1) is 0 Å². The van der Waals surface area contributed by atoms with Gasteiger partial charge in [0.15, 0.2) is 0 Å². The number of fused-ring (bicyclic) bond motifs is 3. The van der Waals surface area contributed by atoms with Crippen LogP contribution in [-0.4, -0.2) is 28.9 Å². The van der Waals surface area contributed by atoms with E-state index in [2.05, 4.69) is 41.7 Å². The monoisotopic (exact) mass is 389 g/mol. The van der Waals surface area contributed by atoms with Crippen LogP contribution >= 0.6 is 0 Å². The number of nitrogens with one attached hydrogen (secondary N) is 1. The van der Waals surface area contributed by atoms with Gasteiger partial charge in [0.25, 0.3) is 0 Å². The molecule has 0 heterocycles. The summed E-state index contributed by atoms with van der Waals surface area (Å²) in [5, 5.41) is 14.1. The molecule has 2 aromatic rings. The van der Waals surface area contributed by atoms with E-state index in [0.717, 1.165) is 25.7 Å². The zero-order valence-electron chi connectivity index (χ0n) is 16.6. The molecular formula is C25H27NO3. The van der Waals surface area contributed by atoms with Crippen LogP contribution in [0.25, 0.3) is 11.1 Å². The standard InChI is InChI=1S/C25H27NO3/c27-23(26-24-10-16-9-17(11-24)13-25(28,12-16)15-24)29-14-22-20-7-3-1-5-18(20)19-6-2-4-8-21(19)22/h1-8,16-17,22,28H,9-15H2,(H,26,27). The fourth-order valence-corrected chi connectivity index (χ4v) is 7.21. The Morgan fingerprint density at radius 3 is 2.14 bits per heavy atom. The van der Waals surface area contributed by atoms with E-state index >= 15 is 0 Å². The number of amides is 1. The van der Waals surface area contributed by atoms with Crippen LogP contribution in [0.1, 0.15) is 55.6 Å². The Bertz CT molecular complexity index is 924. The summed E-state index contributed by atoms with van der Waals surface area (Å²) in [4.78, 5) is 12.8. The molecule has 2 unspecified atom stereocenters. The molecule has 1 amide bonds. The first-order valence-corrected chi connectivity index (χ1v) is 10.9. The van der Waals surface area contributed by atoms with Crippen molar-refractivity contribution in [1.29, 1.82) is 0 Å². The second kappa shape index (κ2) is 6.09. The minimum absolute atomic E-state index is 0.0775. The second-order valence-electron chi connectivity index (χ2n) is 9.92. The molecule has 2 N–H and O–H groups in total. The fraction of sp³-hybridized carbons (Fsp3) is 0.480. The second-order valence-corrected chi connectivity index (χ2v) is 9.92. The minimum Gasteiger partial charge on any atom is -0.449 e. The summed E-state index contributed by atoms with van der Waals surface area (Å²) in [6.45, 7) is 0.340. The van der Waals surface area contributed by atoms with Gasteiger partial charge in [-0.05, 0) is 72.6 Å². The molecule has 4 fully saturated rings. The third-order valence-electron chi connectivity index (χ3n) is 7.74. The lowest BCUT2D eigenvalue weighted by Gasteiger charge is -2.60. The van der Waals surface area contributed by atoms with Crippen molar-refractivity contribution in [1.82, 2.24) is 5.32 Å². The van der Waals surface area contributed by atoms with E-state index < -0.39 is 5.60 Å². The summed E-state index contributed by atoms with van der Waals surface area (Å²) < 4.78 is 5.78. The Labute approximate surface area is 171 Å². The molecule has 0 saturated heterocycles. The van der Waals surface area contributed by atoms with E-state index in [9.17, 15) is 9.90 Å². The molecule has 5 aliphatic rings. The van der Waals surface area contributed by atoms with Gasteiger partial charge >= 0.3 is 6.09 Å². The highest BCUT2D eigenvalue weighted by atomic mass is 16.5. The normalized spacial score (nSPS) is 34.0. The van der Waals surface area contributed by atoms with Gasteiger partial charge in [-0.25, -0.2) is 4.79 Å². The average molecular weight is 389 g/mol. The lowest BCUT2D eigenvalue weighted by atomic mass is 9.51. The summed E-state index contributed by atoms with van der Waals surface area (Å²) in [7, 11) is 0. The van der Waals surface area contributed by atoms with E-state index in [4.69, 9.17) is 4.74 Å². The molecule has 5 aliphatic carbocycles. The van der Waals surface area contributed by atoms with Crippen LogP contribution in [0.2, 0.25) is 0 Å². The number of rotatable bonds is 3. The van der Waals surface area contributed by atoms with E-state index in [1.807, 2.05) is 12.1 Å². The van der Waals surface area contributed by atoms with Crippen molar-refractivity contribution >= 4 is 6.09 Å². The third-order valence-corrected chi connectivity index (χ3v) is 7.74. The van der Waals surface area contributed by atoms with E-state index in [-0.39, 0.29) is 17.6 Å². The van der Waals surface area contributed by atoms with Crippen molar-refractivity contribution in [2.24, 2.45) is 11.8 Å². The zero-order chi connectivity index (χ0) is 19.6. The third kappa shape index (κ3) is 2.80. The predicted molar refractivity (Wildman–Crippen MR) is 111 cm³/mol. The quantitative estimate of drug-likeness (QED) is 0.806. The van der Waals surface area contributed by atoms with Crippen molar-refractivity contribution < 1.29 is 14.6 Å². The molecule has 4 heteroatoms. The van der Waals surface area contributed by atoms with E-state index in [1.165, 1.54) is 28.7 Å². The highest BCUT2D eigenvalue weighted by Gasteiger charge is 2.57. The number of aliphatic hydroxyl groups is 1. The molecule has 150 valence electrons. The number of carbonyl (C=O) groups excluding carboxylic acids is 1. The molecule has 0 spiro atoms. The average Bonchev–Trinajstić information content (AvgIpc) is 2.98. The van der Waals surface area contributed by atoms with E-state index in [1.54, 1.807) is 0 Å². The van der Waals surface area contributed by atoms with Crippen molar-refractivity contribution in [3.63, 3.8) is 0 Å². The van der Waals surface area contributed by atoms with Crippen LogP contribution in [0.15, 0.2) is 48.5 Å². The minimum atomic E-state index is -0.583. The van der Waals surface area contributed by atoms with Crippen molar-refractivity contribution in [3.05, 3.63) is 59.7 Å². The molecule has 0 aromatic heterocycles. The number of ether oxygens (including phenoxy) is 1. The van der Waals surface area contributed by atoms with Crippen LogP contribution in [0.5, 0.6) is 0 Å². The molecule has 0 radical (unpaired) electrons. The lowest BCUT2D eigenvalue weighted by molar-refractivity contribution is -0.140. The number of hydrogen-bond donors (Lipinski definition) is 2.